The maximum absolute atomic E-state index is 13.7. The van der Waals surface area contributed by atoms with Crippen molar-refractivity contribution < 1.29 is 0 Å². The summed E-state index contributed by atoms with van der Waals surface area (Å²) in [6.07, 6.45) is 1.07. The molecular weight excluding hydrogens is 454 g/mol. The number of aromatic nitrogens is 4. The van der Waals surface area contributed by atoms with E-state index < -0.39 is 0 Å². The predicted molar refractivity (Wildman–Crippen MR) is 144 cm³/mol. The minimum Gasteiger partial charge on any atom is -0.283 e. The first kappa shape index (κ1) is 23.2. The lowest BCUT2D eigenvalue weighted by molar-refractivity contribution is 0.244. The number of fused-ring (bicyclic) bond motifs is 3. The van der Waals surface area contributed by atoms with Gasteiger partial charge in [-0.1, -0.05) is 68.4 Å². The third-order valence-corrected chi connectivity index (χ3v) is 7.00. The molecule has 2 aromatic heterocycles. The van der Waals surface area contributed by atoms with E-state index in [4.69, 9.17) is 17.3 Å². The number of benzene rings is 3. The Morgan fingerprint density at radius 2 is 1.66 bits per heavy atom. The van der Waals surface area contributed by atoms with Gasteiger partial charge in [-0.2, -0.15) is 0 Å². The van der Waals surface area contributed by atoms with Gasteiger partial charge in [0.25, 0.3) is 5.56 Å². The van der Waals surface area contributed by atoms with Crippen LogP contribution in [0.3, 0.4) is 0 Å². The van der Waals surface area contributed by atoms with Crippen LogP contribution in [-0.2, 0) is 13.2 Å². The molecule has 178 valence electrons. The Bertz CT molecular complexity index is 1600. The van der Waals surface area contributed by atoms with Gasteiger partial charge in [0.2, 0.25) is 10.5 Å². The highest BCUT2D eigenvalue weighted by atomic mass is 32.1. The minimum absolute atomic E-state index is 0.103. The fraction of sp³-hybridized carbons (Fsp3) is 0.250. The van der Waals surface area contributed by atoms with Gasteiger partial charge < -0.3 is 0 Å². The van der Waals surface area contributed by atoms with Crippen LogP contribution in [0, 0.1) is 4.77 Å². The molecule has 0 spiro atoms. The molecule has 6 nitrogen and oxygen atoms in total. The van der Waals surface area contributed by atoms with Crippen molar-refractivity contribution in [3.8, 4) is 5.69 Å². The van der Waals surface area contributed by atoms with Crippen LogP contribution in [0.2, 0.25) is 0 Å². The number of rotatable bonds is 7. The Balaban J connectivity index is 1.65. The van der Waals surface area contributed by atoms with Crippen LogP contribution >= 0.6 is 12.2 Å². The molecule has 5 aromatic rings. The summed E-state index contributed by atoms with van der Waals surface area (Å²) in [6, 6.07) is 26.1. The van der Waals surface area contributed by atoms with Gasteiger partial charge in [0.15, 0.2) is 0 Å². The monoisotopic (exact) mass is 483 g/mol. The smallest absolute Gasteiger partial charge is 0.267 e. The summed E-state index contributed by atoms with van der Waals surface area (Å²) in [4.78, 5) is 15.8. The molecule has 0 aliphatic heterocycles. The summed E-state index contributed by atoms with van der Waals surface area (Å²) in [5.74, 6) is 0.980. The van der Waals surface area contributed by atoms with E-state index in [2.05, 4.69) is 43.0 Å². The molecule has 0 radical (unpaired) electrons. The van der Waals surface area contributed by atoms with E-state index in [0.29, 0.717) is 28.5 Å². The molecule has 0 fully saturated rings. The molecule has 1 atom stereocenters. The highest BCUT2D eigenvalue weighted by Gasteiger charge is 2.18. The molecule has 3 aromatic carbocycles. The number of hydrogen-bond acceptors (Lipinski definition) is 4. The van der Waals surface area contributed by atoms with Crippen molar-refractivity contribution in [1.29, 1.82) is 0 Å². The van der Waals surface area contributed by atoms with E-state index in [0.717, 1.165) is 24.2 Å². The summed E-state index contributed by atoms with van der Waals surface area (Å²) >= 11 is 5.88. The maximum atomic E-state index is 13.7. The van der Waals surface area contributed by atoms with E-state index in [1.807, 2.05) is 66.0 Å². The molecule has 0 aliphatic rings. The average Bonchev–Trinajstić information content (AvgIpc) is 3.20. The normalized spacial score (nSPS) is 12.6. The Morgan fingerprint density at radius 1 is 0.971 bits per heavy atom. The third kappa shape index (κ3) is 4.33. The van der Waals surface area contributed by atoms with Crippen LogP contribution in [0.1, 0.15) is 37.3 Å². The van der Waals surface area contributed by atoms with Gasteiger partial charge in [-0.05, 0) is 67.0 Å². The minimum atomic E-state index is -0.103. The van der Waals surface area contributed by atoms with E-state index >= 15 is 0 Å². The van der Waals surface area contributed by atoms with Gasteiger partial charge in [-0.15, -0.1) is 5.10 Å². The molecule has 0 saturated heterocycles. The third-order valence-electron chi connectivity index (χ3n) is 6.60. The number of para-hydroxylation sites is 1. The van der Waals surface area contributed by atoms with Crippen molar-refractivity contribution in [3.05, 3.63) is 105 Å². The maximum Gasteiger partial charge on any atom is 0.267 e. The second kappa shape index (κ2) is 9.60. The predicted octanol–water partition coefficient (Wildman–Crippen LogP) is 5.77. The first-order chi connectivity index (χ1) is 17.0. The van der Waals surface area contributed by atoms with E-state index in [9.17, 15) is 4.79 Å². The second-order valence-electron chi connectivity index (χ2n) is 9.12. The van der Waals surface area contributed by atoms with Crippen molar-refractivity contribution in [2.24, 2.45) is 0 Å². The van der Waals surface area contributed by atoms with E-state index in [1.165, 1.54) is 11.1 Å². The molecule has 0 saturated carbocycles. The highest BCUT2D eigenvalue weighted by Crippen LogP contribution is 2.22. The molecule has 2 heterocycles. The van der Waals surface area contributed by atoms with E-state index in [1.54, 1.807) is 9.25 Å². The molecule has 7 heteroatoms. The number of hydrogen-bond donors (Lipinski definition) is 0. The largest absolute Gasteiger partial charge is 0.283 e. The molecule has 0 unspecified atom stereocenters. The van der Waals surface area contributed by atoms with Gasteiger partial charge in [0, 0.05) is 6.54 Å². The Morgan fingerprint density at radius 3 is 2.37 bits per heavy atom. The molecule has 0 N–H and O–H groups in total. The lowest BCUT2D eigenvalue weighted by atomic mass is 9.98. The van der Waals surface area contributed by atoms with Crippen molar-refractivity contribution in [1.82, 2.24) is 23.6 Å². The van der Waals surface area contributed by atoms with Gasteiger partial charge in [-0.3, -0.25) is 14.1 Å². The lowest BCUT2D eigenvalue weighted by Crippen LogP contribution is -2.23. The standard InChI is InChI=1S/C28H29N5OS/c1-4-20(2)22-14-16-23(17-15-22)32-26(34)24-12-8-9-13-25(24)33-27(32)29-31(28(33)35)19-30(3)18-21-10-6-5-7-11-21/h5-17,20H,4,18-19H2,1-3H3/t20-/m1/s1. The quantitative estimate of drug-likeness (QED) is 0.276. The first-order valence-electron chi connectivity index (χ1n) is 11.9. The molecule has 0 amide bonds. The second-order valence-corrected chi connectivity index (χ2v) is 9.48. The van der Waals surface area contributed by atoms with Crippen LogP contribution in [0.15, 0.2) is 83.7 Å². The van der Waals surface area contributed by atoms with Crippen molar-refractivity contribution in [2.45, 2.75) is 39.4 Å². The zero-order chi connectivity index (χ0) is 24.5. The van der Waals surface area contributed by atoms with Crippen LogP contribution in [-0.4, -0.2) is 30.7 Å². The van der Waals surface area contributed by atoms with Gasteiger partial charge in [0.05, 0.1) is 23.3 Å². The summed E-state index contributed by atoms with van der Waals surface area (Å²) in [5.41, 5.74) is 3.92. The van der Waals surface area contributed by atoms with Crippen LogP contribution < -0.4 is 5.56 Å². The summed E-state index contributed by atoms with van der Waals surface area (Å²) in [7, 11) is 2.04. The molecule has 5 rings (SSSR count). The van der Waals surface area contributed by atoms with Crippen LogP contribution in [0.5, 0.6) is 0 Å². The van der Waals surface area contributed by atoms with Crippen molar-refractivity contribution in [2.75, 3.05) is 7.05 Å². The summed E-state index contributed by atoms with van der Waals surface area (Å²) in [6.45, 7) is 5.66. The number of nitrogens with zero attached hydrogens (tertiary/aromatic N) is 5. The molecule has 0 bridgehead atoms. The summed E-state index contributed by atoms with van der Waals surface area (Å²) in [5, 5.41) is 5.46. The highest BCUT2D eigenvalue weighted by molar-refractivity contribution is 7.71. The fourth-order valence-corrected chi connectivity index (χ4v) is 4.78. The Hall–Kier alpha value is -3.55. The van der Waals surface area contributed by atoms with Gasteiger partial charge >= 0.3 is 0 Å². The Kier molecular flexibility index (Phi) is 6.36. The first-order valence-corrected chi connectivity index (χ1v) is 12.3. The average molecular weight is 484 g/mol. The van der Waals surface area contributed by atoms with Crippen LogP contribution in [0.25, 0.3) is 22.4 Å². The zero-order valence-electron chi connectivity index (χ0n) is 20.3. The SMILES string of the molecule is CC[C@@H](C)c1ccc(-n2c(=O)c3ccccc3n3c(=S)n(CN(C)Cc4ccccc4)nc23)cc1. The Labute approximate surface area is 209 Å². The zero-order valence-corrected chi connectivity index (χ0v) is 21.1. The fourth-order valence-electron chi connectivity index (χ4n) is 4.50. The van der Waals surface area contributed by atoms with Gasteiger partial charge in [-0.25, -0.2) is 9.25 Å². The lowest BCUT2D eigenvalue weighted by Gasteiger charge is -2.16. The van der Waals surface area contributed by atoms with Crippen LogP contribution in [0.4, 0.5) is 0 Å². The van der Waals surface area contributed by atoms with E-state index in [-0.39, 0.29) is 5.56 Å². The van der Waals surface area contributed by atoms with Crippen molar-refractivity contribution >= 4 is 28.9 Å². The summed E-state index contributed by atoms with van der Waals surface area (Å²) < 4.78 is 5.93. The molecule has 35 heavy (non-hydrogen) atoms. The molecular formula is C28H29N5OS. The topological polar surface area (TPSA) is 47.5 Å². The van der Waals surface area contributed by atoms with Crippen molar-refractivity contribution in [3.63, 3.8) is 0 Å². The molecule has 0 aliphatic carbocycles. The van der Waals surface area contributed by atoms with Gasteiger partial charge in [0.1, 0.15) is 0 Å².